The molecule has 1 nitrogen and oxygen atoms in total. The van der Waals surface area contributed by atoms with Crippen LogP contribution in [0.1, 0.15) is 37.8 Å². The van der Waals surface area contributed by atoms with E-state index in [1.165, 1.54) is 24.0 Å². The maximum absolute atomic E-state index is 5.74. The molecule has 78 valence electrons. The zero-order valence-corrected chi connectivity index (χ0v) is 9.63. The SMILES string of the molecule is CC.Cc1cccc(OC2CC2)c1C. The summed E-state index contributed by atoms with van der Waals surface area (Å²) in [4.78, 5) is 0. The van der Waals surface area contributed by atoms with Gasteiger partial charge in [0, 0.05) is 0 Å². The van der Waals surface area contributed by atoms with Crippen molar-refractivity contribution in [2.24, 2.45) is 0 Å². The van der Waals surface area contributed by atoms with Crippen molar-refractivity contribution in [1.82, 2.24) is 0 Å². The first-order valence-corrected chi connectivity index (χ1v) is 5.50. The average molecular weight is 192 g/mol. The van der Waals surface area contributed by atoms with Crippen molar-refractivity contribution in [3.8, 4) is 5.75 Å². The van der Waals surface area contributed by atoms with E-state index in [0.717, 1.165) is 5.75 Å². The molecular formula is C13H20O. The topological polar surface area (TPSA) is 9.23 Å². The van der Waals surface area contributed by atoms with Gasteiger partial charge in [-0.15, -0.1) is 0 Å². The number of hydrogen-bond acceptors (Lipinski definition) is 1. The molecule has 1 aromatic carbocycles. The van der Waals surface area contributed by atoms with E-state index in [0.29, 0.717) is 6.10 Å². The van der Waals surface area contributed by atoms with Crippen LogP contribution in [0.25, 0.3) is 0 Å². The molecule has 14 heavy (non-hydrogen) atoms. The van der Waals surface area contributed by atoms with Gasteiger partial charge in [-0.05, 0) is 43.9 Å². The minimum atomic E-state index is 0.505. The minimum absolute atomic E-state index is 0.505. The average Bonchev–Trinajstić information content (AvgIpc) is 3.00. The first kappa shape index (κ1) is 11.1. The van der Waals surface area contributed by atoms with Gasteiger partial charge in [-0.3, -0.25) is 0 Å². The molecule has 1 aliphatic carbocycles. The molecular weight excluding hydrogens is 172 g/mol. The lowest BCUT2D eigenvalue weighted by atomic mass is 10.1. The lowest BCUT2D eigenvalue weighted by Crippen LogP contribution is -1.98. The fraction of sp³-hybridized carbons (Fsp3) is 0.538. The molecule has 0 heterocycles. The second-order valence-corrected chi connectivity index (χ2v) is 3.52. The van der Waals surface area contributed by atoms with E-state index in [2.05, 4.69) is 32.0 Å². The van der Waals surface area contributed by atoms with Crippen molar-refractivity contribution >= 4 is 0 Å². The highest BCUT2D eigenvalue weighted by Gasteiger charge is 2.24. The van der Waals surface area contributed by atoms with Gasteiger partial charge in [-0.25, -0.2) is 0 Å². The van der Waals surface area contributed by atoms with E-state index in [-0.39, 0.29) is 0 Å². The van der Waals surface area contributed by atoms with Crippen LogP contribution in [0, 0.1) is 13.8 Å². The van der Waals surface area contributed by atoms with Gasteiger partial charge in [0.05, 0.1) is 6.10 Å². The second-order valence-electron chi connectivity index (χ2n) is 3.52. The Morgan fingerprint density at radius 3 is 2.36 bits per heavy atom. The molecule has 0 saturated heterocycles. The number of hydrogen-bond donors (Lipinski definition) is 0. The van der Waals surface area contributed by atoms with Crippen LogP contribution in [0.2, 0.25) is 0 Å². The van der Waals surface area contributed by atoms with Gasteiger partial charge in [0.1, 0.15) is 5.75 Å². The van der Waals surface area contributed by atoms with Gasteiger partial charge in [0.15, 0.2) is 0 Å². The third-order valence-corrected chi connectivity index (χ3v) is 2.37. The van der Waals surface area contributed by atoms with Crippen LogP contribution < -0.4 is 4.74 Å². The summed E-state index contributed by atoms with van der Waals surface area (Å²) in [5.74, 6) is 1.07. The maximum Gasteiger partial charge on any atom is 0.122 e. The Labute approximate surface area is 87.1 Å². The predicted molar refractivity (Wildman–Crippen MR) is 60.9 cm³/mol. The standard InChI is InChI=1S/C11H14O.C2H6/c1-8-4-3-5-11(9(8)2)12-10-6-7-10;1-2/h3-5,10H,6-7H2,1-2H3;1-2H3. The Morgan fingerprint density at radius 2 is 1.79 bits per heavy atom. The fourth-order valence-electron chi connectivity index (χ4n) is 1.22. The highest BCUT2D eigenvalue weighted by Crippen LogP contribution is 2.29. The summed E-state index contributed by atoms with van der Waals surface area (Å²) in [6, 6.07) is 6.23. The monoisotopic (exact) mass is 192 g/mol. The van der Waals surface area contributed by atoms with E-state index in [1.54, 1.807) is 0 Å². The summed E-state index contributed by atoms with van der Waals surface area (Å²) in [5.41, 5.74) is 2.59. The molecule has 0 radical (unpaired) electrons. The van der Waals surface area contributed by atoms with Crippen molar-refractivity contribution in [1.29, 1.82) is 0 Å². The van der Waals surface area contributed by atoms with Crippen LogP contribution in [0.3, 0.4) is 0 Å². The van der Waals surface area contributed by atoms with Crippen LogP contribution >= 0.6 is 0 Å². The molecule has 1 heteroatoms. The van der Waals surface area contributed by atoms with Crippen LogP contribution in [0.4, 0.5) is 0 Å². The highest BCUT2D eigenvalue weighted by atomic mass is 16.5. The zero-order chi connectivity index (χ0) is 10.6. The summed E-state index contributed by atoms with van der Waals surface area (Å²) in [7, 11) is 0. The van der Waals surface area contributed by atoms with Crippen LogP contribution in [-0.4, -0.2) is 6.10 Å². The molecule has 0 aliphatic heterocycles. The summed E-state index contributed by atoms with van der Waals surface area (Å²) in [5, 5.41) is 0. The first-order valence-electron chi connectivity index (χ1n) is 5.50. The molecule has 0 aromatic heterocycles. The van der Waals surface area contributed by atoms with Gasteiger partial charge in [0.2, 0.25) is 0 Å². The minimum Gasteiger partial charge on any atom is -0.490 e. The number of aryl methyl sites for hydroxylation is 1. The molecule has 2 rings (SSSR count). The summed E-state index contributed by atoms with van der Waals surface area (Å²) in [6.07, 6.45) is 2.96. The molecule has 0 unspecified atom stereocenters. The van der Waals surface area contributed by atoms with Crippen molar-refractivity contribution in [3.63, 3.8) is 0 Å². The van der Waals surface area contributed by atoms with E-state index >= 15 is 0 Å². The van der Waals surface area contributed by atoms with Crippen molar-refractivity contribution in [2.45, 2.75) is 46.6 Å². The van der Waals surface area contributed by atoms with Gasteiger partial charge < -0.3 is 4.74 Å². The second kappa shape index (κ2) is 5.04. The van der Waals surface area contributed by atoms with Crippen LogP contribution in [0.5, 0.6) is 5.75 Å². The number of ether oxygens (including phenoxy) is 1. The van der Waals surface area contributed by atoms with Gasteiger partial charge in [-0.1, -0.05) is 26.0 Å². The Balaban J connectivity index is 0.000000461. The molecule has 0 spiro atoms. The first-order chi connectivity index (χ1) is 6.77. The Bertz CT molecular complexity index is 287. The van der Waals surface area contributed by atoms with Crippen LogP contribution in [-0.2, 0) is 0 Å². The van der Waals surface area contributed by atoms with E-state index in [4.69, 9.17) is 4.74 Å². The zero-order valence-electron chi connectivity index (χ0n) is 9.63. The fourth-order valence-corrected chi connectivity index (χ4v) is 1.22. The largest absolute Gasteiger partial charge is 0.490 e. The Kier molecular flexibility index (Phi) is 3.99. The van der Waals surface area contributed by atoms with Gasteiger partial charge >= 0.3 is 0 Å². The molecule has 1 aliphatic rings. The molecule has 1 saturated carbocycles. The van der Waals surface area contributed by atoms with Gasteiger partial charge in [-0.2, -0.15) is 0 Å². The third-order valence-electron chi connectivity index (χ3n) is 2.37. The van der Waals surface area contributed by atoms with Crippen LogP contribution in [0.15, 0.2) is 18.2 Å². The molecule has 1 aromatic rings. The van der Waals surface area contributed by atoms with Crippen molar-refractivity contribution < 1.29 is 4.74 Å². The summed E-state index contributed by atoms with van der Waals surface area (Å²) < 4.78 is 5.74. The normalized spacial score (nSPS) is 14.3. The molecule has 0 bridgehead atoms. The van der Waals surface area contributed by atoms with Gasteiger partial charge in [0.25, 0.3) is 0 Å². The quantitative estimate of drug-likeness (QED) is 0.691. The molecule has 0 N–H and O–H groups in total. The van der Waals surface area contributed by atoms with Crippen molar-refractivity contribution in [3.05, 3.63) is 29.3 Å². The summed E-state index contributed by atoms with van der Waals surface area (Å²) in [6.45, 7) is 8.24. The molecule has 0 atom stereocenters. The number of benzene rings is 1. The lowest BCUT2D eigenvalue weighted by Gasteiger charge is -2.09. The third kappa shape index (κ3) is 2.76. The lowest BCUT2D eigenvalue weighted by molar-refractivity contribution is 0.301. The maximum atomic E-state index is 5.74. The summed E-state index contributed by atoms with van der Waals surface area (Å²) >= 11 is 0. The Morgan fingerprint density at radius 1 is 1.14 bits per heavy atom. The number of rotatable bonds is 2. The predicted octanol–water partition coefficient (Wildman–Crippen LogP) is 3.87. The van der Waals surface area contributed by atoms with E-state index in [9.17, 15) is 0 Å². The highest BCUT2D eigenvalue weighted by molar-refractivity contribution is 5.38. The van der Waals surface area contributed by atoms with Crippen molar-refractivity contribution in [2.75, 3.05) is 0 Å². The van der Waals surface area contributed by atoms with E-state index < -0.39 is 0 Å². The molecule has 1 fully saturated rings. The molecule has 0 amide bonds. The Hall–Kier alpha value is -0.980. The van der Waals surface area contributed by atoms with E-state index in [1.807, 2.05) is 13.8 Å². The smallest absolute Gasteiger partial charge is 0.122 e.